The van der Waals surface area contributed by atoms with Crippen molar-refractivity contribution >= 4 is 18.6 Å². The van der Waals surface area contributed by atoms with Crippen LogP contribution in [0, 0.1) is 13.5 Å². The van der Waals surface area contributed by atoms with Gasteiger partial charge >= 0.3 is 7.60 Å². The molecule has 1 N–H and O–H groups in total. The van der Waals surface area contributed by atoms with Gasteiger partial charge in [0.1, 0.15) is 0 Å². The molecule has 80 valence electrons. The van der Waals surface area contributed by atoms with Crippen molar-refractivity contribution in [2.45, 2.75) is 13.8 Å². The van der Waals surface area contributed by atoms with Gasteiger partial charge < -0.3 is 9.42 Å². The average Bonchev–Trinajstić information content (AvgIpc) is 2.16. The predicted molar refractivity (Wildman–Crippen MR) is 58.5 cm³/mol. The number of benzene rings is 1. The number of rotatable bonds is 3. The smallest absolute Gasteiger partial charge is 0.321 e. The molecule has 1 aromatic carbocycles. The van der Waals surface area contributed by atoms with Gasteiger partial charge in [0, 0.05) is 0 Å². The Hall–Kier alpha value is -1.14. The molecule has 1 aromatic rings. The average molecular weight is 225 g/mol. The van der Waals surface area contributed by atoms with Crippen LogP contribution >= 0.6 is 7.60 Å². The maximum atomic E-state index is 11.7. The van der Waals surface area contributed by atoms with Crippen LogP contribution in [-0.4, -0.2) is 11.5 Å². The third kappa shape index (κ3) is 2.90. The van der Waals surface area contributed by atoms with E-state index < -0.39 is 7.60 Å². The molecule has 0 aliphatic rings. The maximum absolute atomic E-state index is 11.7. The highest BCUT2D eigenvalue weighted by Gasteiger charge is 2.22. The summed E-state index contributed by atoms with van der Waals surface area (Å²) in [6.07, 6.45) is 0. The molecular weight excluding hydrogens is 213 g/mol. The van der Waals surface area contributed by atoms with Crippen molar-refractivity contribution in [3.63, 3.8) is 0 Å². The van der Waals surface area contributed by atoms with E-state index in [2.05, 4.69) is 4.85 Å². The fraction of sp³-hybridized carbons (Fsp3) is 0.300. The zero-order valence-corrected chi connectivity index (χ0v) is 9.49. The Balaban J connectivity index is 3.21. The van der Waals surface area contributed by atoms with E-state index >= 15 is 0 Å². The van der Waals surface area contributed by atoms with Crippen molar-refractivity contribution in [2.24, 2.45) is 0 Å². The van der Waals surface area contributed by atoms with Gasteiger partial charge in [-0.3, -0.25) is 4.57 Å². The summed E-state index contributed by atoms with van der Waals surface area (Å²) in [5.74, 6) is 0. The summed E-state index contributed by atoms with van der Waals surface area (Å²) >= 11 is 0. The second kappa shape index (κ2) is 4.59. The Morgan fingerprint density at radius 3 is 2.73 bits per heavy atom. The number of hydrogen-bond acceptors (Lipinski definition) is 2. The minimum atomic E-state index is -3.76. The van der Waals surface area contributed by atoms with Gasteiger partial charge in [0.2, 0.25) is 0 Å². The molecule has 0 radical (unpaired) electrons. The molecule has 0 aromatic heterocycles. The van der Waals surface area contributed by atoms with Crippen LogP contribution in [0.4, 0.5) is 5.69 Å². The highest BCUT2D eigenvalue weighted by Crippen LogP contribution is 2.41. The van der Waals surface area contributed by atoms with E-state index in [9.17, 15) is 9.46 Å². The molecule has 5 heteroatoms. The second-order valence-electron chi connectivity index (χ2n) is 3.08. The largest absolute Gasteiger partial charge is 0.357 e. The number of hydrogen-bond donors (Lipinski definition) is 1. The number of aryl methyl sites for hydroxylation is 1. The molecule has 0 bridgehead atoms. The van der Waals surface area contributed by atoms with Crippen molar-refractivity contribution in [1.82, 2.24) is 0 Å². The highest BCUT2D eigenvalue weighted by molar-refractivity contribution is 7.61. The molecule has 0 amide bonds. The first kappa shape index (κ1) is 11.9. The fourth-order valence-corrected chi connectivity index (χ4v) is 2.38. The van der Waals surface area contributed by atoms with Crippen LogP contribution in [0.1, 0.15) is 12.5 Å². The minimum absolute atomic E-state index is 0.162. The van der Waals surface area contributed by atoms with Gasteiger partial charge in [0.05, 0.1) is 18.5 Å². The van der Waals surface area contributed by atoms with E-state index in [-0.39, 0.29) is 11.9 Å². The second-order valence-corrected chi connectivity index (χ2v) is 4.89. The Morgan fingerprint density at radius 1 is 1.53 bits per heavy atom. The molecule has 1 atom stereocenters. The van der Waals surface area contributed by atoms with Gasteiger partial charge in [-0.25, -0.2) is 4.85 Å². The van der Waals surface area contributed by atoms with Crippen LogP contribution in [0.25, 0.3) is 4.85 Å². The van der Waals surface area contributed by atoms with Crippen molar-refractivity contribution < 1.29 is 14.0 Å². The minimum Gasteiger partial charge on any atom is -0.321 e. The summed E-state index contributed by atoms with van der Waals surface area (Å²) in [6, 6.07) is 4.60. The molecule has 1 unspecified atom stereocenters. The Labute approximate surface area is 88.9 Å². The number of nitrogens with zero attached hydrogens (tertiary/aromatic N) is 1. The third-order valence-electron chi connectivity index (χ3n) is 1.81. The van der Waals surface area contributed by atoms with Crippen LogP contribution in [0.5, 0.6) is 0 Å². The first-order chi connectivity index (χ1) is 6.99. The third-order valence-corrected chi connectivity index (χ3v) is 3.33. The fourth-order valence-electron chi connectivity index (χ4n) is 1.22. The molecule has 0 fully saturated rings. The van der Waals surface area contributed by atoms with E-state index in [4.69, 9.17) is 11.1 Å². The molecule has 0 saturated heterocycles. The van der Waals surface area contributed by atoms with Crippen molar-refractivity contribution in [3.8, 4) is 0 Å². The quantitative estimate of drug-likeness (QED) is 0.634. The molecule has 0 heterocycles. The predicted octanol–water partition coefficient (Wildman–Crippen LogP) is 2.39. The van der Waals surface area contributed by atoms with Crippen LogP contribution < -0.4 is 5.30 Å². The van der Waals surface area contributed by atoms with Gasteiger partial charge in [0.15, 0.2) is 5.69 Å². The Morgan fingerprint density at radius 2 is 2.20 bits per heavy atom. The first-order valence-electron chi connectivity index (χ1n) is 4.46. The Bertz CT molecular complexity index is 450. The zero-order valence-electron chi connectivity index (χ0n) is 8.60. The lowest BCUT2D eigenvalue weighted by atomic mass is 10.2. The maximum Gasteiger partial charge on any atom is 0.357 e. The summed E-state index contributed by atoms with van der Waals surface area (Å²) in [5, 5.41) is 0.176. The van der Waals surface area contributed by atoms with E-state index in [1.54, 1.807) is 26.0 Å². The van der Waals surface area contributed by atoms with Crippen molar-refractivity contribution in [3.05, 3.63) is 35.2 Å². The zero-order chi connectivity index (χ0) is 11.5. The molecular formula is C10H12NO3P. The monoisotopic (exact) mass is 225 g/mol. The van der Waals surface area contributed by atoms with Crippen molar-refractivity contribution in [2.75, 3.05) is 6.61 Å². The van der Waals surface area contributed by atoms with Crippen molar-refractivity contribution in [1.29, 1.82) is 0 Å². The lowest BCUT2D eigenvalue weighted by Crippen LogP contribution is -2.07. The van der Waals surface area contributed by atoms with Crippen LogP contribution in [0.3, 0.4) is 0 Å². The normalized spacial score (nSPS) is 14.3. The lowest BCUT2D eigenvalue weighted by molar-refractivity contribution is 0.284. The van der Waals surface area contributed by atoms with Gasteiger partial charge in [-0.15, -0.1) is 0 Å². The lowest BCUT2D eigenvalue weighted by Gasteiger charge is -2.11. The van der Waals surface area contributed by atoms with Gasteiger partial charge in [-0.1, -0.05) is 11.6 Å². The van der Waals surface area contributed by atoms with Crippen LogP contribution in [-0.2, 0) is 9.09 Å². The SMILES string of the molecule is [C-]#[N+]c1cc(C)cc(P(=O)(O)OCC)c1. The van der Waals surface area contributed by atoms with Gasteiger partial charge in [0.25, 0.3) is 0 Å². The van der Waals surface area contributed by atoms with Gasteiger partial charge in [-0.05, 0) is 26.0 Å². The topological polar surface area (TPSA) is 50.9 Å². The summed E-state index contributed by atoms with van der Waals surface area (Å²) < 4.78 is 16.4. The van der Waals surface area contributed by atoms with Crippen LogP contribution in [0.15, 0.2) is 18.2 Å². The summed E-state index contributed by atoms with van der Waals surface area (Å²) in [6.45, 7) is 10.4. The first-order valence-corrected chi connectivity index (χ1v) is 6.04. The van der Waals surface area contributed by atoms with Crippen LogP contribution in [0.2, 0.25) is 0 Å². The molecule has 15 heavy (non-hydrogen) atoms. The molecule has 1 rings (SSSR count). The molecule has 4 nitrogen and oxygen atoms in total. The highest BCUT2D eigenvalue weighted by atomic mass is 31.2. The van der Waals surface area contributed by atoms with E-state index in [0.717, 1.165) is 5.56 Å². The summed E-state index contributed by atoms with van der Waals surface area (Å²) in [4.78, 5) is 12.8. The molecule has 0 aliphatic carbocycles. The van der Waals surface area contributed by atoms with E-state index in [1.165, 1.54) is 6.07 Å². The molecule has 0 aliphatic heterocycles. The standard InChI is InChI=1S/C10H12NO3P/c1-4-14-15(12,13)10-6-8(2)5-9(7-10)11-3/h5-7H,4H2,1-2H3,(H,12,13). The Kier molecular flexibility index (Phi) is 3.65. The summed E-state index contributed by atoms with van der Waals surface area (Å²) in [5.41, 5.74) is 1.12. The molecule has 0 spiro atoms. The van der Waals surface area contributed by atoms with Gasteiger partial charge in [-0.2, -0.15) is 0 Å². The summed E-state index contributed by atoms with van der Waals surface area (Å²) in [7, 11) is -3.76. The molecule has 0 saturated carbocycles. The van der Waals surface area contributed by atoms with E-state index in [0.29, 0.717) is 5.69 Å². The van der Waals surface area contributed by atoms with E-state index in [1.807, 2.05) is 0 Å².